The van der Waals surface area contributed by atoms with Crippen molar-refractivity contribution in [1.29, 1.82) is 0 Å². The van der Waals surface area contributed by atoms with E-state index < -0.39 is 24.0 Å². The number of fused-ring (bicyclic) bond motifs is 3. The molecular weight excluding hydrogens is 321 g/mol. The third-order valence-corrected chi connectivity index (χ3v) is 4.61. The number of para-hydroxylation sites is 2. The second kappa shape index (κ2) is 4.80. The van der Waals surface area contributed by atoms with E-state index in [1.165, 1.54) is 13.2 Å². The van der Waals surface area contributed by atoms with Gasteiger partial charge >= 0.3 is 6.18 Å². The summed E-state index contributed by atoms with van der Waals surface area (Å²) in [6.45, 7) is 0. The first-order valence-electron chi connectivity index (χ1n) is 7.45. The Bertz CT molecular complexity index is 795. The molecule has 0 radical (unpaired) electrons. The maximum atomic E-state index is 13.6. The SMILES string of the molecule is COc1cccc([C@H]2[C@H]3N2c2ccccc2N[C@]3(O)C(F)(F)F)c1. The molecule has 4 nitrogen and oxygen atoms in total. The fraction of sp³-hybridized carbons (Fsp3) is 0.294. The number of rotatable bonds is 2. The Kier molecular flexibility index (Phi) is 3.02. The van der Waals surface area contributed by atoms with Gasteiger partial charge in [-0.25, -0.2) is 0 Å². The van der Waals surface area contributed by atoms with Gasteiger partial charge in [0.15, 0.2) is 0 Å². The number of halogens is 3. The summed E-state index contributed by atoms with van der Waals surface area (Å²) in [4.78, 5) is 1.59. The van der Waals surface area contributed by atoms with Crippen molar-refractivity contribution in [1.82, 2.24) is 0 Å². The number of aliphatic hydroxyl groups is 1. The van der Waals surface area contributed by atoms with E-state index >= 15 is 0 Å². The van der Waals surface area contributed by atoms with Crippen LogP contribution in [0.3, 0.4) is 0 Å². The van der Waals surface area contributed by atoms with E-state index in [0.717, 1.165) is 0 Å². The standard InChI is InChI=1S/C17H15F3N2O2/c1-24-11-6-4-5-10(9-11)14-15-16(23,17(18,19)20)21-12-7-2-3-8-13(12)22(14)15/h2-9,14-15,21,23H,1H3/t14-,15+,16+,22?/m0/s1. The van der Waals surface area contributed by atoms with Gasteiger partial charge < -0.3 is 20.1 Å². The zero-order valence-corrected chi connectivity index (χ0v) is 12.7. The van der Waals surface area contributed by atoms with Gasteiger partial charge in [-0.1, -0.05) is 24.3 Å². The summed E-state index contributed by atoms with van der Waals surface area (Å²) in [6, 6.07) is 11.9. The second-order valence-electron chi connectivity index (χ2n) is 5.98. The molecule has 2 heterocycles. The minimum Gasteiger partial charge on any atom is -0.497 e. The summed E-state index contributed by atoms with van der Waals surface area (Å²) in [5.74, 6) is 0.564. The van der Waals surface area contributed by atoms with Crippen LogP contribution in [0.1, 0.15) is 11.6 Å². The number of hydrogen-bond donors (Lipinski definition) is 2. The molecule has 4 rings (SSSR count). The summed E-state index contributed by atoms with van der Waals surface area (Å²) in [7, 11) is 1.50. The van der Waals surface area contributed by atoms with Gasteiger partial charge in [0.2, 0.25) is 0 Å². The molecule has 2 aromatic rings. The Morgan fingerprint density at radius 1 is 1.17 bits per heavy atom. The predicted octanol–water partition coefficient (Wildman–Crippen LogP) is 3.30. The first-order chi connectivity index (χ1) is 11.4. The highest BCUT2D eigenvalue weighted by molar-refractivity contribution is 5.80. The molecule has 2 aliphatic rings. The lowest BCUT2D eigenvalue weighted by atomic mass is 10.0. The predicted molar refractivity (Wildman–Crippen MR) is 83.1 cm³/mol. The van der Waals surface area contributed by atoms with Crippen molar-refractivity contribution in [2.45, 2.75) is 24.0 Å². The van der Waals surface area contributed by atoms with Gasteiger partial charge in [0.05, 0.1) is 24.5 Å². The molecule has 7 heteroatoms. The third kappa shape index (κ3) is 1.97. The maximum Gasteiger partial charge on any atom is 0.438 e. The van der Waals surface area contributed by atoms with Crippen molar-refractivity contribution in [3.63, 3.8) is 0 Å². The van der Waals surface area contributed by atoms with Crippen molar-refractivity contribution in [3.8, 4) is 5.75 Å². The van der Waals surface area contributed by atoms with Gasteiger partial charge in [-0.15, -0.1) is 0 Å². The zero-order chi connectivity index (χ0) is 17.1. The van der Waals surface area contributed by atoms with Gasteiger partial charge in [-0.3, -0.25) is 0 Å². The number of ether oxygens (including phenoxy) is 1. The number of nitrogens with one attached hydrogen (secondary N) is 1. The van der Waals surface area contributed by atoms with Gasteiger partial charge in [0.25, 0.3) is 5.72 Å². The lowest BCUT2D eigenvalue weighted by Crippen LogP contribution is -2.59. The fourth-order valence-corrected chi connectivity index (χ4v) is 3.45. The topological polar surface area (TPSA) is 44.5 Å². The van der Waals surface area contributed by atoms with Gasteiger partial charge in [-0.2, -0.15) is 13.2 Å². The van der Waals surface area contributed by atoms with E-state index in [0.29, 0.717) is 17.0 Å². The van der Waals surface area contributed by atoms with E-state index in [1.54, 1.807) is 47.4 Å². The summed E-state index contributed by atoms with van der Waals surface area (Å²) in [5.41, 5.74) is -1.43. The van der Waals surface area contributed by atoms with Crippen molar-refractivity contribution in [2.75, 3.05) is 17.3 Å². The van der Waals surface area contributed by atoms with Crippen LogP contribution in [0.15, 0.2) is 48.5 Å². The molecule has 0 bridgehead atoms. The highest BCUT2D eigenvalue weighted by Crippen LogP contribution is 2.60. The average Bonchev–Trinajstić information content (AvgIpc) is 3.31. The summed E-state index contributed by atoms with van der Waals surface area (Å²) < 4.78 is 45.9. The van der Waals surface area contributed by atoms with Crippen LogP contribution in [0.5, 0.6) is 5.75 Å². The zero-order valence-electron chi connectivity index (χ0n) is 12.7. The molecular formula is C17H15F3N2O2. The largest absolute Gasteiger partial charge is 0.497 e. The van der Waals surface area contributed by atoms with E-state index in [2.05, 4.69) is 5.32 Å². The normalized spacial score (nSPS) is 27.8. The Balaban J connectivity index is 1.82. The van der Waals surface area contributed by atoms with Crippen LogP contribution >= 0.6 is 0 Å². The Morgan fingerprint density at radius 2 is 1.92 bits per heavy atom. The molecule has 2 N–H and O–H groups in total. The molecule has 0 spiro atoms. The minimum atomic E-state index is -4.81. The highest BCUT2D eigenvalue weighted by Gasteiger charge is 2.73. The van der Waals surface area contributed by atoms with Crippen LogP contribution in [0.2, 0.25) is 0 Å². The first-order valence-corrected chi connectivity index (χ1v) is 7.45. The van der Waals surface area contributed by atoms with Gasteiger partial charge in [0, 0.05) is 0 Å². The Labute approximate surface area is 136 Å². The number of anilines is 2. The Morgan fingerprint density at radius 3 is 2.62 bits per heavy atom. The lowest BCUT2D eigenvalue weighted by Gasteiger charge is -2.36. The molecule has 0 amide bonds. The molecule has 126 valence electrons. The summed E-state index contributed by atoms with van der Waals surface area (Å²) >= 11 is 0. The third-order valence-electron chi connectivity index (χ3n) is 4.61. The molecule has 0 aromatic heterocycles. The van der Waals surface area contributed by atoms with E-state index in [-0.39, 0.29) is 5.69 Å². The van der Waals surface area contributed by atoms with Gasteiger partial charge in [0.1, 0.15) is 11.8 Å². The Hall–Kier alpha value is -2.41. The highest BCUT2D eigenvalue weighted by atomic mass is 19.4. The van der Waals surface area contributed by atoms with Crippen LogP contribution < -0.4 is 15.0 Å². The smallest absolute Gasteiger partial charge is 0.438 e. The second-order valence-corrected chi connectivity index (χ2v) is 5.98. The average molecular weight is 336 g/mol. The molecule has 0 aliphatic carbocycles. The van der Waals surface area contributed by atoms with Crippen molar-refractivity contribution < 1.29 is 23.0 Å². The van der Waals surface area contributed by atoms with Crippen LogP contribution in [-0.4, -0.2) is 30.2 Å². The molecule has 2 aromatic carbocycles. The first kappa shape index (κ1) is 15.1. The number of benzene rings is 2. The molecule has 3 atom stereocenters. The van der Waals surface area contributed by atoms with Crippen LogP contribution in [0, 0.1) is 0 Å². The molecule has 2 aliphatic heterocycles. The van der Waals surface area contributed by atoms with Crippen molar-refractivity contribution in [2.24, 2.45) is 0 Å². The van der Waals surface area contributed by atoms with Crippen molar-refractivity contribution >= 4 is 11.4 Å². The molecule has 24 heavy (non-hydrogen) atoms. The number of nitrogens with zero attached hydrogens (tertiary/aromatic N) is 1. The summed E-state index contributed by atoms with van der Waals surface area (Å²) in [5, 5.41) is 12.7. The monoisotopic (exact) mass is 336 g/mol. The van der Waals surface area contributed by atoms with Crippen LogP contribution in [0.4, 0.5) is 24.5 Å². The maximum absolute atomic E-state index is 13.6. The molecule has 0 saturated carbocycles. The minimum absolute atomic E-state index is 0.263. The molecule has 0 unspecified atom stereocenters. The number of alkyl halides is 3. The lowest BCUT2D eigenvalue weighted by molar-refractivity contribution is -0.248. The van der Waals surface area contributed by atoms with Crippen molar-refractivity contribution in [3.05, 3.63) is 54.1 Å². The van der Waals surface area contributed by atoms with Crippen LogP contribution in [-0.2, 0) is 0 Å². The quantitative estimate of drug-likeness (QED) is 0.826. The molecule has 1 fully saturated rings. The fourth-order valence-electron chi connectivity index (χ4n) is 3.45. The van der Waals surface area contributed by atoms with E-state index in [1.807, 2.05) is 0 Å². The van der Waals surface area contributed by atoms with E-state index in [9.17, 15) is 18.3 Å². The van der Waals surface area contributed by atoms with E-state index in [4.69, 9.17) is 4.74 Å². The number of hydrogen-bond acceptors (Lipinski definition) is 4. The number of methoxy groups -OCH3 is 1. The summed E-state index contributed by atoms with van der Waals surface area (Å²) in [6.07, 6.45) is -4.81. The van der Waals surface area contributed by atoms with Gasteiger partial charge in [-0.05, 0) is 29.8 Å². The molecule has 1 saturated heterocycles. The van der Waals surface area contributed by atoms with Crippen LogP contribution in [0.25, 0.3) is 0 Å².